The van der Waals surface area contributed by atoms with Crippen molar-refractivity contribution in [1.29, 1.82) is 0 Å². The molecule has 0 bridgehead atoms. The van der Waals surface area contributed by atoms with Gasteiger partial charge in [-0.25, -0.2) is 4.79 Å². The second-order valence-corrected chi connectivity index (χ2v) is 5.13. The molecule has 0 aromatic carbocycles. The Bertz CT molecular complexity index is 302. The van der Waals surface area contributed by atoms with Crippen molar-refractivity contribution in [3.05, 3.63) is 0 Å². The minimum atomic E-state index is -0.722. The number of urea groups is 1. The number of β-amino-alcohol motifs (C(OH)–C–C–N with tert-alkyl or cyclic N) is 1. The number of rotatable bonds is 3. The Morgan fingerprint density at radius 3 is 2.59 bits per heavy atom. The fourth-order valence-corrected chi connectivity index (χ4v) is 1.84. The van der Waals surface area contributed by atoms with Crippen LogP contribution in [0.1, 0.15) is 27.2 Å². The number of imide groups is 1. The molecule has 6 heteroatoms. The predicted octanol–water partition coefficient (Wildman–Crippen LogP) is -0.323. The van der Waals surface area contributed by atoms with E-state index in [-0.39, 0.29) is 18.5 Å². The second-order valence-electron chi connectivity index (χ2n) is 5.13. The Labute approximate surface area is 101 Å². The Morgan fingerprint density at radius 2 is 2.12 bits per heavy atom. The molecule has 6 nitrogen and oxygen atoms in total. The van der Waals surface area contributed by atoms with Gasteiger partial charge in [-0.3, -0.25) is 15.0 Å². The summed E-state index contributed by atoms with van der Waals surface area (Å²) in [4.78, 5) is 24.6. The summed E-state index contributed by atoms with van der Waals surface area (Å²) < 4.78 is 0. The maximum absolute atomic E-state index is 11.5. The molecule has 0 aliphatic carbocycles. The summed E-state index contributed by atoms with van der Waals surface area (Å²) in [6.45, 7) is 6.67. The Hall–Kier alpha value is -1.14. The molecule has 0 radical (unpaired) electrons. The lowest BCUT2D eigenvalue weighted by Crippen LogP contribution is -2.46. The molecular weight excluding hydrogens is 222 g/mol. The van der Waals surface area contributed by atoms with Gasteiger partial charge in [-0.1, -0.05) is 0 Å². The number of hydrogen-bond acceptors (Lipinski definition) is 4. The van der Waals surface area contributed by atoms with Crippen LogP contribution in [0.4, 0.5) is 4.79 Å². The van der Waals surface area contributed by atoms with Gasteiger partial charge in [-0.2, -0.15) is 0 Å². The van der Waals surface area contributed by atoms with Crippen LogP contribution in [0.3, 0.4) is 0 Å². The molecule has 1 fully saturated rings. The zero-order valence-electron chi connectivity index (χ0n) is 10.6. The number of nitrogens with one attached hydrogen (secondary N) is 2. The highest BCUT2D eigenvalue weighted by molar-refractivity contribution is 5.95. The summed E-state index contributed by atoms with van der Waals surface area (Å²) in [6, 6.07) is -0.480. The van der Waals surface area contributed by atoms with Gasteiger partial charge in [-0.05, 0) is 27.2 Å². The van der Waals surface area contributed by atoms with Gasteiger partial charge < -0.3 is 10.4 Å². The van der Waals surface area contributed by atoms with Crippen molar-refractivity contribution in [2.45, 2.75) is 38.8 Å². The molecule has 17 heavy (non-hydrogen) atoms. The number of carbonyl (C=O) groups excluding carboxylic acids is 2. The molecule has 0 saturated carbocycles. The van der Waals surface area contributed by atoms with Crippen molar-refractivity contribution in [3.63, 3.8) is 0 Å². The van der Waals surface area contributed by atoms with E-state index in [0.717, 1.165) is 0 Å². The van der Waals surface area contributed by atoms with Gasteiger partial charge >= 0.3 is 6.03 Å². The van der Waals surface area contributed by atoms with Crippen LogP contribution >= 0.6 is 0 Å². The maximum Gasteiger partial charge on any atom is 0.321 e. The number of nitrogens with zero attached hydrogens (tertiary/aromatic N) is 1. The first-order valence-electron chi connectivity index (χ1n) is 5.83. The summed E-state index contributed by atoms with van der Waals surface area (Å²) in [5.74, 6) is -0.346. The average Bonchev–Trinajstić information content (AvgIpc) is 2.42. The number of aliphatic hydroxyl groups is 1. The van der Waals surface area contributed by atoms with Crippen molar-refractivity contribution in [2.75, 3.05) is 19.6 Å². The zero-order chi connectivity index (χ0) is 13.1. The largest absolute Gasteiger partial charge is 0.389 e. The lowest BCUT2D eigenvalue weighted by Gasteiger charge is -2.18. The fourth-order valence-electron chi connectivity index (χ4n) is 1.84. The molecule has 0 aromatic rings. The SMILES string of the molecule is CC(C)NC(=O)NC(=O)CN1CCC(C)(O)C1. The number of likely N-dealkylation sites (tertiary alicyclic amines) is 1. The highest BCUT2D eigenvalue weighted by Crippen LogP contribution is 2.19. The van der Waals surface area contributed by atoms with Crippen LogP contribution in [0.25, 0.3) is 0 Å². The molecule has 1 atom stereocenters. The van der Waals surface area contributed by atoms with Crippen LogP contribution in [0.15, 0.2) is 0 Å². The van der Waals surface area contributed by atoms with Crippen molar-refractivity contribution in [3.8, 4) is 0 Å². The Balaban J connectivity index is 2.28. The summed E-state index contributed by atoms with van der Waals surface area (Å²) in [6.07, 6.45) is 0.651. The summed E-state index contributed by atoms with van der Waals surface area (Å²) in [5, 5.41) is 14.6. The van der Waals surface area contributed by atoms with Crippen LogP contribution in [0.2, 0.25) is 0 Å². The van der Waals surface area contributed by atoms with Gasteiger partial charge in [0.2, 0.25) is 5.91 Å². The Kier molecular flexibility index (Phi) is 4.47. The lowest BCUT2D eigenvalue weighted by molar-refractivity contribution is -0.121. The van der Waals surface area contributed by atoms with Gasteiger partial charge in [0.15, 0.2) is 0 Å². The quantitative estimate of drug-likeness (QED) is 0.634. The summed E-state index contributed by atoms with van der Waals surface area (Å²) in [5.41, 5.74) is -0.722. The van der Waals surface area contributed by atoms with Crippen LogP contribution in [-0.4, -0.2) is 53.2 Å². The van der Waals surface area contributed by atoms with Crippen LogP contribution in [0, 0.1) is 0 Å². The van der Waals surface area contributed by atoms with Crippen molar-refractivity contribution in [2.24, 2.45) is 0 Å². The molecular formula is C11H21N3O3. The smallest absolute Gasteiger partial charge is 0.321 e. The standard InChI is InChI=1S/C11H21N3O3/c1-8(2)12-10(16)13-9(15)6-14-5-4-11(3,17)7-14/h8,17H,4-7H2,1-3H3,(H2,12,13,15,16). The van der Waals surface area contributed by atoms with E-state index in [4.69, 9.17) is 0 Å². The van der Waals surface area contributed by atoms with E-state index in [1.807, 2.05) is 18.7 Å². The van der Waals surface area contributed by atoms with Gasteiger partial charge in [-0.15, -0.1) is 0 Å². The van der Waals surface area contributed by atoms with E-state index in [2.05, 4.69) is 10.6 Å². The van der Waals surface area contributed by atoms with E-state index >= 15 is 0 Å². The van der Waals surface area contributed by atoms with Gasteiger partial charge in [0.1, 0.15) is 0 Å². The van der Waals surface area contributed by atoms with Crippen molar-refractivity contribution >= 4 is 11.9 Å². The number of amides is 3. The molecule has 1 heterocycles. The summed E-state index contributed by atoms with van der Waals surface area (Å²) >= 11 is 0. The topological polar surface area (TPSA) is 81.7 Å². The highest BCUT2D eigenvalue weighted by atomic mass is 16.3. The summed E-state index contributed by atoms with van der Waals surface area (Å²) in [7, 11) is 0. The average molecular weight is 243 g/mol. The molecule has 3 N–H and O–H groups in total. The first kappa shape index (κ1) is 13.9. The monoisotopic (exact) mass is 243 g/mol. The molecule has 1 unspecified atom stereocenters. The normalized spacial score (nSPS) is 25.0. The third-order valence-corrected chi connectivity index (χ3v) is 2.57. The molecule has 1 saturated heterocycles. The molecule has 1 rings (SSSR count). The maximum atomic E-state index is 11.5. The third kappa shape index (κ3) is 5.14. The molecule has 1 aliphatic rings. The molecule has 0 spiro atoms. The fraction of sp³-hybridized carbons (Fsp3) is 0.818. The third-order valence-electron chi connectivity index (χ3n) is 2.57. The highest BCUT2D eigenvalue weighted by Gasteiger charge is 2.32. The van der Waals surface area contributed by atoms with E-state index in [9.17, 15) is 14.7 Å². The van der Waals surface area contributed by atoms with Gasteiger partial charge in [0.25, 0.3) is 0 Å². The Morgan fingerprint density at radius 1 is 1.47 bits per heavy atom. The van der Waals surface area contributed by atoms with E-state index in [1.54, 1.807) is 6.92 Å². The van der Waals surface area contributed by atoms with Gasteiger partial charge in [0.05, 0.1) is 12.1 Å². The molecule has 3 amide bonds. The van der Waals surface area contributed by atoms with Crippen LogP contribution in [0.5, 0.6) is 0 Å². The van der Waals surface area contributed by atoms with Gasteiger partial charge in [0, 0.05) is 19.1 Å². The van der Waals surface area contributed by atoms with Crippen molar-refractivity contribution < 1.29 is 14.7 Å². The van der Waals surface area contributed by atoms with Crippen LogP contribution in [-0.2, 0) is 4.79 Å². The molecule has 0 aromatic heterocycles. The van der Waals surface area contributed by atoms with Crippen LogP contribution < -0.4 is 10.6 Å². The zero-order valence-corrected chi connectivity index (χ0v) is 10.6. The minimum Gasteiger partial charge on any atom is -0.389 e. The first-order chi connectivity index (χ1) is 7.78. The molecule has 1 aliphatic heterocycles. The van der Waals surface area contributed by atoms with Crippen molar-refractivity contribution in [1.82, 2.24) is 15.5 Å². The number of hydrogen-bond donors (Lipinski definition) is 3. The lowest BCUT2D eigenvalue weighted by atomic mass is 10.1. The number of carbonyl (C=O) groups is 2. The minimum absolute atomic E-state index is 0.00433. The van der Waals surface area contributed by atoms with E-state index in [0.29, 0.717) is 19.5 Å². The van der Waals surface area contributed by atoms with E-state index < -0.39 is 11.6 Å². The van der Waals surface area contributed by atoms with E-state index in [1.165, 1.54) is 0 Å². The first-order valence-corrected chi connectivity index (χ1v) is 5.83. The predicted molar refractivity (Wildman–Crippen MR) is 63.5 cm³/mol. The molecule has 98 valence electrons. The second kappa shape index (κ2) is 5.46.